The van der Waals surface area contributed by atoms with E-state index in [0.29, 0.717) is 17.1 Å². The first-order chi connectivity index (χ1) is 9.61. The lowest BCUT2D eigenvalue weighted by atomic mass is 10.1. The van der Waals surface area contributed by atoms with Crippen LogP contribution < -0.4 is 11.1 Å². The van der Waals surface area contributed by atoms with Crippen LogP contribution in [0.5, 0.6) is 0 Å². The minimum Gasteiger partial charge on any atom is -0.465 e. The van der Waals surface area contributed by atoms with Gasteiger partial charge in [0.2, 0.25) is 0 Å². The van der Waals surface area contributed by atoms with Gasteiger partial charge in [-0.3, -0.25) is 4.98 Å². The van der Waals surface area contributed by atoms with Gasteiger partial charge in [0, 0.05) is 12.4 Å². The fourth-order valence-electron chi connectivity index (χ4n) is 1.79. The second kappa shape index (κ2) is 6.01. The van der Waals surface area contributed by atoms with Gasteiger partial charge in [-0.2, -0.15) is 0 Å². The number of nitrogen functional groups attached to an aromatic ring is 1. The van der Waals surface area contributed by atoms with Gasteiger partial charge in [0.25, 0.3) is 0 Å². The van der Waals surface area contributed by atoms with Crippen LogP contribution >= 0.6 is 0 Å². The number of pyridine rings is 2. The number of anilines is 2. The summed E-state index contributed by atoms with van der Waals surface area (Å²) in [7, 11) is 1.31. The fourth-order valence-corrected chi connectivity index (χ4v) is 1.79. The normalized spacial score (nSPS) is 11.7. The Morgan fingerprint density at radius 3 is 2.75 bits per heavy atom. The summed E-state index contributed by atoms with van der Waals surface area (Å²) in [6.45, 7) is 1.99. The maximum Gasteiger partial charge on any atom is 0.340 e. The van der Waals surface area contributed by atoms with Gasteiger partial charge in [0.05, 0.1) is 30.6 Å². The molecule has 2 rings (SSSR count). The second-order valence-electron chi connectivity index (χ2n) is 4.29. The Kier molecular flexibility index (Phi) is 4.14. The van der Waals surface area contributed by atoms with E-state index in [-0.39, 0.29) is 6.04 Å². The summed E-state index contributed by atoms with van der Waals surface area (Å²) in [6.07, 6.45) is 4.89. The molecule has 1 unspecified atom stereocenters. The van der Waals surface area contributed by atoms with Gasteiger partial charge in [0.1, 0.15) is 5.82 Å². The highest BCUT2D eigenvalue weighted by Gasteiger charge is 2.13. The molecule has 1 atom stereocenters. The van der Waals surface area contributed by atoms with Crippen LogP contribution in [0.4, 0.5) is 11.5 Å². The van der Waals surface area contributed by atoms with Crippen LogP contribution in [0.25, 0.3) is 0 Å². The van der Waals surface area contributed by atoms with Crippen molar-refractivity contribution in [3.63, 3.8) is 0 Å². The first-order valence-electron chi connectivity index (χ1n) is 6.12. The zero-order valence-corrected chi connectivity index (χ0v) is 11.3. The monoisotopic (exact) mass is 272 g/mol. The molecule has 2 heterocycles. The first-order valence-corrected chi connectivity index (χ1v) is 6.12. The van der Waals surface area contributed by atoms with Crippen molar-refractivity contribution in [1.82, 2.24) is 9.97 Å². The van der Waals surface area contributed by atoms with Crippen molar-refractivity contribution >= 4 is 17.5 Å². The third-order valence-corrected chi connectivity index (χ3v) is 2.91. The van der Waals surface area contributed by atoms with Crippen molar-refractivity contribution in [3.8, 4) is 0 Å². The average Bonchev–Trinajstić information content (AvgIpc) is 2.49. The van der Waals surface area contributed by atoms with Crippen LogP contribution in [-0.4, -0.2) is 23.0 Å². The molecule has 0 aliphatic heterocycles. The molecule has 6 heteroatoms. The molecule has 0 radical (unpaired) electrons. The van der Waals surface area contributed by atoms with Crippen molar-refractivity contribution < 1.29 is 9.53 Å². The molecule has 0 aromatic carbocycles. The van der Waals surface area contributed by atoms with Gasteiger partial charge in [-0.15, -0.1) is 0 Å². The van der Waals surface area contributed by atoms with Gasteiger partial charge in [-0.05, 0) is 30.7 Å². The summed E-state index contributed by atoms with van der Waals surface area (Å²) < 4.78 is 4.68. The van der Waals surface area contributed by atoms with Gasteiger partial charge in [-0.25, -0.2) is 9.78 Å². The third kappa shape index (κ3) is 3.03. The van der Waals surface area contributed by atoms with Crippen molar-refractivity contribution in [1.29, 1.82) is 0 Å². The number of hydrogen-bond donors (Lipinski definition) is 2. The molecule has 2 aromatic heterocycles. The highest BCUT2D eigenvalue weighted by atomic mass is 16.5. The topological polar surface area (TPSA) is 90.1 Å². The summed E-state index contributed by atoms with van der Waals surface area (Å²) in [5.74, 6) is 0.0772. The van der Waals surface area contributed by atoms with E-state index < -0.39 is 5.97 Å². The molecular weight excluding hydrogens is 256 g/mol. The Balaban J connectivity index is 2.20. The zero-order valence-electron chi connectivity index (χ0n) is 11.3. The zero-order chi connectivity index (χ0) is 14.5. The lowest BCUT2D eigenvalue weighted by molar-refractivity contribution is 0.0602. The van der Waals surface area contributed by atoms with Crippen molar-refractivity contribution in [2.24, 2.45) is 0 Å². The molecule has 0 aliphatic carbocycles. The van der Waals surface area contributed by atoms with Gasteiger partial charge in [-0.1, -0.05) is 0 Å². The van der Waals surface area contributed by atoms with Crippen molar-refractivity contribution in [2.75, 3.05) is 18.2 Å². The van der Waals surface area contributed by atoms with Crippen molar-refractivity contribution in [3.05, 3.63) is 47.9 Å². The predicted molar refractivity (Wildman–Crippen MR) is 76.3 cm³/mol. The average molecular weight is 272 g/mol. The number of carbonyl (C=O) groups is 1. The number of aromatic nitrogens is 2. The van der Waals surface area contributed by atoms with Gasteiger partial charge in [0.15, 0.2) is 0 Å². The number of esters is 1. The predicted octanol–water partition coefficient (Wildman–Crippen LogP) is 2.02. The van der Waals surface area contributed by atoms with Crippen LogP contribution in [0.2, 0.25) is 0 Å². The van der Waals surface area contributed by atoms with Crippen LogP contribution in [0.1, 0.15) is 28.9 Å². The Labute approximate surface area is 117 Å². The number of carbonyl (C=O) groups excluding carboxylic acids is 1. The van der Waals surface area contributed by atoms with E-state index in [4.69, 9.17) is 5.73 Å². The van der Waals surface area contributed by atoms with Crippen LogP contribution in [0, 0.1) is 0 Å². The van der Waals surface area contributed by atoms with E-state index >= 15 is 0 Å². The Bertz CT molecular complexity index is 601. The van der Waals surface area contributed by atoms with E-state index in [0.717, 1.165) is 5.56 Å². The van der Waals surface area contributed by atoms with Gasteiger partial charge < -0.3 is 15.8 Å². The molecule has 20 heavy (non-hydrogen) atoms. The molecule has 0 aliphatic rings. The summed E-state index contributed by atoms with van der Waals surface area (Å²) in [5, 5.41) is 3.20. The maximum atomic E-state index is 11.6. The molecule has 0 saturated carbocycles. The second-order valence-corrected chi connectivity index (χ2v) is 4.29. The Hall–Kier alpha value is -2.63. The molecule has 0 saturated heterocycles. The minimum absolute atomic E-state index is 0.0274. The number of nitrogens with one attached hydrogen (secondary N) is 1. The quantitative estimate of drug-likeness (QED) is 0.827. The lowest BCUT2D eigenvalue weighted by Crippen LogP contribution is -2.11. The van der Waals surface area contributed by atoms with E-state index in [1.54, 1.807) is 18.5 Å². The number of ether oxygens (including phenoxy) is 1. The van der Waals surface area contributed by atoms with E-state index in [1.807, 2.05) is 19.1 Å². The molecule has 0 bridgehead atoms. The first kappa shape index (κ1) is 13.8. The largest absolute Gasteiger partial charge is 0.465 e. The summed E-state index contributed by atoms with van der Waals surface area (Å²) >= 11 is 0. The smallest absolute Gasteiger partial charge is 0.340 e. The summed E-state index contributed by atoms with van der Waals surface area (Å²) in [4.78, 5) is 19.7. The lowest BCUT2D eigenvalue weighted by Gasteiger charge is -2.15. The molecule has 0 spiro atoms. The van der Waals surface area contributed by atoms with Crippen LogP contribution in [-0.2, 0) is 4.74 Å². The molecule has 0 fully saturated rings. The van der Waals surface area contributed by atoms with E-state index in [9.17, 15) is 4.79 Å². The number of nitrogens with zero attached hydrogens (tertiary/aromatic N) is 2. The molecule has 2 aromatic rings. The van der Waals surface area contributed by atoms with Crippen molar-refractivity contribution in [2.45, 2.75) is 13.0 Å². The SMILES string of the molecule is COC(=O)c1cc(NC(C)c2ccncc2)ncc1N. The van der Waals surface area contributed by atoms with Crippen LogP contribution in [0.15, 0.2) is 36.8 Å². The Morgan fingerprint density at radius 2 is 2.10 bits per heavy atom. The Morgan fingerprint density at radius 1 is 1.40 bits per heavy atom. The number of rotatable bonds is 4. The number of methoxy groups -OCH3 is 1. The molecule has 3 N–H and O–H groups in total. The molecule has 6 nitrogen and oxygen atoms in total. The summed E-state index contributed by atoms with van der Waals surface area (Å²) in [5.41, 5.74) is 7.37. The number of nitrogens with two attached hydrogens (primary N) is 1. The van der Waals surface area contributed by atoms with E-state index in [1.165, 1.54) is 13.3 Å². The van der Waals surface area contributed by atoms with E-state index in [2.05, 4.69) is 20.0 Å². The molecular formula is C14H16N4O2. The van der Waals surface area contributed by atoms with Gasteiger partial charge >= 0.3 is 5.97 Å². The molecule has 104 valence electrons. The minimum atomic E-state index is -0.482. The number of hydrogen-bond acceptors (Lipinski definition) is 6. The van der Waals surface area contributed by atoms with Crippen LogP contribution in [0.3, 0.4) is 0 Å². The standard InChI is InChI=1S/C14H16N4O2/c1-9(10-3-5-16-6-4-10)18-13-7-11(14(19)20-2)12(15)8-17-13/h3-9H,15H2,1-2H3,(H,17,18). The summed E-state index contributed by atoms with van der Waals surface area (Å²) in [6, 6.07) is 5.44. The molecule has 0 amide bonds. The fraction of sp³-hybridized carbons (Fsp3) is 0.214. The third-order valence-electron chi connectivity index (χ3n) is 2.91. The maximum absolute atomic E-state index is 11.6. The highest BCUT2D eigenvalue weighted by molar-refractivity contribution is 5.95. The highest BCUT2D eigenvalue weighted by Crippen LogP contribution is 2.20.